The lowest BCUT2D eigenvalue weighted by atomic mass is 9.96. The summed E-state index contributed by atoms with van der Waals surface area (Å²) < 4.78 is 47.8. The molecule has 3 rings (SSSR count). The van der Waals surface area contributed by atoms with E-state index in [4.69, 9.17) is 4.74 Å². The molecule has 6 nitrogen and oxygen atoms in total. The van der Waals surface area contributed by atoms with Crippen molar-refractivity contribution in [3.8, 4) is 16.9 Å². The maximum atomic E-state index is 12.9. The van der Waals surface area contributed by atoms with E-state index in [1.54, 1.807) is 6.92 Å². The van der Waals surface area contributed by atoms with Crippen molar-refractivity contribution in [2.45, 2.75) is 51.4 Å². The molecule has 32 heavy (non-hydrogen) atoms. The van der Waals surface area contributed by atoms with Crippen LogP contribution in [0.25, 0.3) is 11.1 Å². The zero-order valence-corrected chi connectivity index (χ0v) is 17.6. The van der Waals surface area contributed by atoms with Gasteiger partial charge < -0.3 is 20.1 Å². The maximum Gasteiger partial charge on any atom is 0.573 e. The number of benzene rings is 2. The first-order chi connectivity index (χ1) is 15.2. The number of urea groups is 1. The van der Waals surface area contributed by atoms with Gasteiger partial charge in [0.1, 0.15) is 5.75 Å². The van der Waals surface area contributed by atoms with Crippen molar-refractivity contribution in [1.82, 2.24) is 5.32 Å². The van der Waals surface area contributed by atoms with E-state index in [2.05, 4.69) is 15.4 Å². The number of carbonyl (C=O) groups excluding carboxylic acids is 2. The Morgan fingerprint density at radius 2 is 1.72 bits per heavy atom. The molecule has 0 heterocycles. The lowest BCUT2D eigenvalue weighted by Gasteiger charge is -2.23. The first-order valence-electron chi connectivity index (χ1n) is 10.5. The molecule has 2 amide bonds. The van der Waals surface area contributed by atoms with Crippen LogP contribution in [0.4, 0.5) is 23.7 Å². The molecule has 0 bridgehead atoms. The number of nitrogens with one attached hydrogen (secondary N) is 2. The van der Waals surface area contributed by atoms with Gasteiger partial charge in [-0.2, -0.15) is 0 Å². The predicted octanol–water partition coefficient (Wildman–Crippen LogP) is 5.88. The summed E-state index contributed by atoms with van der Waals surface area (Å²) in [5.41, 5.74) is 1.09. The fourth-order valence-corrected chi connectivity index (χ4v) is 3.65. The van der Waals surface area contributed by atoms with Gasteiger partial charge in [0.25, 0.3) is 0 Å². The van der Waals surface area contributed by atoms with Crippen molar-refractivity contribution < 1.29 is 32.2 Å². The molecule has 2 N–H and O–H groups in total. The van der Waals surface area contributed by atoms with Crippen molar-refractivity contribution in [3.63, 3.8) is 0 Å². The van der Waals surface area contributed by atoms with Crippen LogP contribution < -0.4 is 15.4 Å². The Balaban J connectivity index is 1.83. The highest BCUT2D eigenvalue weighted by atomic mass is 19.4. The number of anilines is 1. The Bertz CT molecular complexity index is 939. The predicted molar refractivity (Wildman–Crippen MR) is 114 cm³/mol. The number of alkyl halides is 3. The largest absolute Gasteiger partial charge is 0.573 e. The normalized spacial score (nSPS) is 14.5. The van der Waals surface area contributed by atoms with Gasteiger partial charge in [0.15, 0.2) is 0 Å². The van der Waals surface area contributed by atoms with Gasteiger partial charge in [0.05, 0.1) is 12.2 Å². The van der Waals surface area contributed by atoms with Crippen molar-refractivity contribution in [2.75, 3.05) is 11.9 Å². The van der Waals surface area contributed by atoms with Crippen molar-refractivity contribution in [2.24, 2.45) is 0 Å². The Morgan fingerprint density at radius 1 is 1.03 bits per heavy atom. The fourth-order valence-electron chi connectivity index (χ4n) is 3.65. The molecule has 1 aliphatic rings. The molecule has 0 unspecified atom stereocenters. The molecule has 1 fully saturated rings. The molecule has 0 saturated heterocycles. The van der Waals surface area contributed by atoms with Crippen LogP contribution in [0.3, 0.4) is 0 Å². The molecule has 0 aliphatic heterocycles. The number of carbonyl (C=O) groups is 2. The molecular weight excluding hydrogens is 425 g/mol. The smallest absolute Gasteiger partial charge is 0.462 e. The maximum absolute atomic E-state index is 12.9. The number of rotatable bonds is 6. The minimum absolute atomic E-state index is 0.0893. The van der Waals surface area contributed by atoms with Crippen LogP contribution in [0.2, 0.25) is 0 Å². The molecule has 2 aromatic rings. The molecule has 1 aliphatic carbocycles. The van der Waals surface area contributed by atoms with Crippen LogP contribution in [0.5, 0.6) is 5.75 Å². The van der Waals surface area contributed by atoms with Gasteiger partial charge in [0, 0.05) is 17.3 Å². The first-order valence-corrected chi connectivity index (χ1v) is 10.5. The average Bonchev–Trinajstić information content (AvgIpc) is 2.75. The third-order valence-electron chi connectivity index (χ3n) is 5.11. The average molecular weight is 450 g/mol. The number of hydrogen-bond acceptors (Lipinski definition) is 4. The van der Waals surface area contributed by atoms with Gasteiger partial charge in [-0.05, 0) is 55.7 Å². The topological polar surface area (TPSA) is 76.7 Å². The number of amides is 2. The van der Waals surface area contributed by atoms with Crippen molar-refractivity contribution in [3.05, 3.63) is 48.0 Å². The van der Waals surface area contributed by atoms with Crippen LogP contribution in [0.1, 0.15) is 49.4 Å². The Kier molecular flexibility index (Phi) is 7.61. The summed E-state index contributed by atoms with van der Waals surface area (Å²) in [5.74, 6) is -0.944. The van der Waals surface area contributed by atoms with Gasteiger partial charge in [-0.25, -0.2) is 9.59 Å². The van der Waals surface area contributed by atoms with Crippen LogP contribution in [0.15, 0.2) is 42.5 Å². The molecule has 0 aromatic heterocycles. The lowest BCUT2D eigenvalue weighted by molar-refractivity contribution is -0.274. The standard InChI is InChI=1S/C23H25F3N2O4/c1-2-31-21(29)16-10-8-15(9-11-16)19-14-18(12-13-20(19)32-23(24,25)26)28-22(30)27-17-6-4-3-5-7-17/h8-14,17H,2-7H2,1H3,(H2,27,28,30). The molecule has 172 valence electrons. The molecule has 2 aromatic carbocycles. The van der Waals surface area contributed by atoms with Gasteiger partial charge in [-0.1, -0.05) is 31.4 Å². The zero-order chi connectivity index (χ0) is 23.1. The summed E-state index contributed by atoms with van der Waals surface area (Å²) in [6.07, 6.45) is 0.195. The van der Waals surface area contributed by atoms with Crippen LogP contribution in [-0.4, -0.2) is 31.0 Å². The lowest BCUT2D eigenvalue weighted by Crippen LogP contribution is -2.39. The van der Waals surface area contributed by atoms with E-state index in [9.17, 15) is 22.8 Å². The third kappa shape index (κ3) is 6.63. The Labute approximate surface area is 184 Å². The molecule has 1 saturated carbocycles. The summed E-state index contributed by atoms with van der Waals surface area (Å²) in [7, 11) is 0. The monoisotopic (exact) mass is 450 g/mol. The second-order valence-corrected chi connectivity index (χ2v) is 7.49. The Morgan fingerprint density at radius 3 is 2.34 bits per heavy atom. The highest BCUT2D eigenvalue weighted by Gasteiger charge is 2.32. The highest BCUT2D eigenvalue weighted by Crippen LogP contribution is 2.36. The minimum Gasteiger partial charge on any atom is -0.462 e. The summed E-state index contributed by atoms with van der Waals surface area (Å²) >= 11 is 0. The number of ether oxygens (including phenoxy) is 2. The van der Waals surface area contributed by atoms with E-state index in [0.717, 1.165) is 38.2 Å². The van der Waals surface area contributed by atoms with E-state index in [0.29, 0.717) is 11.3 Å². The molecular formula is C23H25F3N2O4. The quantitative estimate of drug-likeness (QED) is 0.539. The van der Waals surface area contributed by atoms with E-state index >= 15 is 0 Å². The minimum atomic E-state index is -4.88. The van der Waals surface area contributed by atoms with E-state index in [-0.39, 0.29) is 23.8 Å². The number of hydrogen-bond donors (Lipinski definition) is 2. The molecule has 0 atom stereocenters. The summed E-state index contributed by atoms with van der Waals surface area (Å²) in [5, 5.41) is 5.57. The van der Waals surface area contributed by atoms with Crippen LogP contribution in [0, 0.1) is 0 Å². The Hall–Kier alpha value is -3.23. The first kappa shape index (κ1) is 23.4. The third-order valence-corrected chi connectivity index (χ3v) is 5.11. The zero-order valence-electron chi connectivity index (χ0n) is 17.6. The summed E-state index contributed by atoms with van der Waals surface area (Å²) in [6.45, 7) is 1.89. The van der Waals surface area contributed by atoms with E-state index in [1.165, 1.54) is 36.4 Å². The van der Waals surface area contributed by atoms with Gasteiger partial charge in [-0.15, -0.1) is 13.2 Å². The number of esters is 1. The summed E-state index contributed by atoms with van der Waals surface area (Å²) in [4.78, 5) is 24.2. The molecule has 0 radical (unpaired) electrons. The highest BCUT2D eigenvalue weighted by molar-refractivity contribution is 5.92. The van der Waals surface area contributed by atoms with Gasteiger partial charge in [0.2, 0.25) is 0 Å². The molecule has 9 heteroatoms. The van der Waals surface area contributed by atoms with Gasteiger partial charge in [-0.3, -0.25) is 0 Å². The van der Waals surface area contributed by atoms with Crippen LogP contribution >= 0.6 is 0 Å². The molecule has 0 spiro atoms. The summed E-state index contributed by atoms with van der Waals surface area (Å²) in [6, 6.07) is 9.49. The fraction of sp³-hybridized carbons (Fsp3) is 0.391. The van der Waals surface area contributed by atoms with E-state index < -0.39 is 24.1 Å². The van der Waals surface area contributed by atoms with Gasteiger partial charge >= 0.3 is 18.4 Å². The SMILES string of the molecule is CCOC(=O)c1ccc(-c2cc(NC(=O)NC3CCCCC3)ccc2OC(F)(F)F)cc1. The second kappa shape index (κ2) is 10.4. The van der Waals surface area contributed by atoms with Crippen molar-refractivity contribution in [1.29, 1.82) is 0 Å². The van der Waals surface area contributed by atoms with Crippen molar-refractivity contribution >= 4 is 17.7 Å². The second-order valence-electron chi connectivity index (χ2n) is 7.49. The van der Waals surface area contributed by atoms with Crippen LogP contribution in [-0.2, 0) is 4.74 Å². The number of halogens is 3. The van der Waals surface area contributed by atoms with E-state index in [1.807, 2.05) is 0 Å².